The first-order valence-corrected chi connectivity index (χ1v) is 7.97. The second-order valence-corrected chi connectivity index (χ2v) is 6.00. The van der Waals surface area contributed by atoms with Crippen molar-refractivity contribution in [1.29, 1.82) is 0 Å². The molecule has 4 nitrogen and oxygen atoms in total. The molecule has 1 aliphatic rings. The van der Waals surface area contributed by atoms with E-state index in [0.717, 1.165) is 26.2 Å². The standard InChI is InChI=1S/C18H27N3O/c1-5-8-19-18(22)16(4)20-9-11-21(12-10-20)17-7-6-14(2)15(3)13-17/h5-7,13,16H,1,8-12H2,2-4H3,(H,19,22)/t16-/m1/s1. The number of nitrogens with one attached hydrogen (secondary N) is 1. The van der Waals surface area contributed by atoms with E-state index < -0.39 is 0 Å². The van der Waals surface area contributed by atoms with Crippen LogP contribution in [0.25, 0.3) is 0 Å². The molecule has 0 bridgehead atoms. The minimum Gasteiger partial charge on any atom is -0.369 e. The zero-order valence-corrected chi connectivity index (χ0v) is 13.9. The lowest BCUT2D eigenvalue weighted by Gasteiger charge is -2.38. The van der Waals surface area contributed by atoms with E-state index in [-0.39, 0.29) is 11.9 Å². The molecule has 1 atom stereocenters. The molecule has 1 heterocycles. The van der Waals surface area contributed by atoms with Gasteiger partial charge in [0.25, 0.3) is 0 Å². The molecular weight excluding hydrogens is 274 g/mol. The van der Waals surface area contributed by atoms with Crippen LogP contribution in [-0.4, -0.2) is 49.6 Å². The normalized spacial score (nSPS) is 17.1. The van der Waals surface area contributed by atoms with E-state index in [4.69, 9.17) is 0 Å². The lowest BCUT2D eigenvalue weighted by molar-refractivity contribution is -0.125. The van der Waals surface area contributed by atoms with E-state index in [2.05, 4.69) is 53.7 Å². The molecule has 1 N–H and O–H groups in total. The molecule has 22 heavy (non-hydrogen) atoms. The fourth-order valence-electron chi connectivity index (χ4n) is 2.78. The highest BCUT2D eigenvalue weighted by Crippen LogP contribution is 2.20. The number of anilines is 1. The molecule has 4 heteroatoms. The van der Waals surface area contributed by atoms with Crippen LogP contribution in [0.15, 0.2) is 30.9 Å². The van der Waals surface area contributed by atoms with Crippen LogP contribution in [0.2, 0.25) is 0 Å². The molecule has 0 saturated carbocycles. The minimum atomic E-state index is -0.0816. The summed E-state index contributed by atoms with van der Waals surface area (Å²) in [6, 6.07) is 6.55. The Labute approximate surface area is 133 Å². The van der Waals surface area contributed by atoms with Gasteiger partial charge in [0.1, 0.15) is 0 Å². The smallest absolute Gasteiger partial charge is 0.237 e. The summed E-state index contributed by atoms with van der Waals surface area (Å²) >= 11 is 0. The number of carbonyl (C=O) groups excluding carboxylic acids is 1. The summed E-state index contributed by atoms with van der Waals surface area (Å²) in [6.45, 7) is 14.2. The Kier molecular flexibility index (Phi) is 5.61. The molecular formula is C18H27N3O. The predicted molar refractivity (Wildman–Crippen MR) is 92.4 cm³/mol. The Bertz CT molecular complexity index is 533. The van der Waals surface area contributed by atoms with Crippen LogP contribution in [0, 0.1) is 13.8 Å². The van der Waals surface area contributed by atoms with Crippen molar-refractivity contribution in [2.24, 2.45) is 0 Å². The van der Waals surface area contributed by atoms with Gasteiger partial charge in [-0.1, -0.05) is 12.1 Å². The van der Waals surface area contributed by atoms with Gasteiger partial charge in [0.15, 0.2) is 0 Å². The van der Waals surface area contributed by atoms with Crippen LogP contribution in [0.3, 0.4) is 0 Å². The highest BCUT2D eigenvalue weighted by Gasteiger charge is 2.25. The molecule has 1 fully saturated rings. The summed E-state index contributed by atoms with van der Waals surface area (Å²) in [4.78, 5) is 16.7. The molecule has 0 unspecified atom stereocenters. The van der Waals surface area contributed by atoms with Gasteiger partial charge in [-0.05, 0) is 44.0 Å². The highest BCUT2D eigenvalue weighted by molar-refractivity contribution is 5.81. The van der Waals surface area contributed by atoms with Gasteiger partial charge in [0.05, 0.1) is 6.04 Å². The zero-order chi connectivity index (χ0) is 16.1. The number of piperazine rings is 1. The number of carbonyl (C=O) groups is 1. The molecule has 2 rings (SSSR count). The Morgan fingerprint density at radius 3 is 2.55 bits per heavy atom. The number of amides is 1. The Morgan fingerprint density at radius 2 is 1.95 bits per heavy atom. The van der Waals surface area contributed by atoms with Crippen LogP contribution in [0.5, 0.6) is 0 Å². The van der Waals surface area contributed by atoms with E-state index in [1.165, 1.54) is 16.8 Å². The van der Waals surface area contributed by atoms with E-state index in [1.54, 1.807) is 6.08 Å². The summed E-state index contributed by atoms with van der Waals surface area (Å²) in [6.07, 6.45) is 1.71. The Hall–Kier alpha value is -1.81. The maximum Gasteiger partial charge on any atom is 0.237 e. The summed E-state index contributed by atoms with van der Waals surface area (Å²) in [7, 11) is 0. The van der Waals surface area contributed by atoms with Gasteiger partial charge in [-0.25, -0.2) is 0 Å². The topological polar surface area (TPSA) is 35.6 Å². The molecule has 0 spiro atoms. The first-order chi connectivity index (χ1) is 10.5. The van der Waals surface area contributed by atoms with E-state index in [0.29, 0.717) is 6.54 Å². The van der Waals surface area contributed by atoms with Crippen molar-refractivity contribution in [2.45, 2.75) is 26.8 Å². The van der Waals surface area contributed by atoms with Crippen LogP contribution in [0.1, 0.15) is 18.1 Å². The van der Waals surface area contributed by atoms with Crippen molar-refractivity contribution < 1.29 is 4.79 Å². The van der Waals surface area contributed by atoms with Crippen LogP contribution in [-0.2, 0) is 4.79 Å². The summed E-state index contributed by atoms with van der Waals surface area (Å²) in [5, 5.41) is 2.87. The number of nitrogens with zero attached hydrogens (tertiary/aromatic N) is 2. The molecule has 1 saturated heterocycles. The fourth-order valence-corrected chi connectivity index (χ4v) is 2.78. The van der Waals surface area contributed by atoms with Gasteiger partial charge >= 0.3 is 0 Å². The number of benzene rings is 1. The molecule has 1 aromatic rings. The second kappa shape index (κ2) is 7.45. The third-order valence-corrected chi connectivity index (χ3v) is 4.52. The lowest BCUT2D eigenvalue weighted by Crippen LogP contribution is -2.54. The van der Waals surface area contributed by atoms with Gasteiger partial charge in [0.2, 0.25) is 5.91 Å². The quantitative estimate of drug-likeness (QED) is 0.846. The zero-order valence-electron chi connectivity index (χ0n) is 13.9. The molecule has 0 radical (unpaired) electrons. The summed E-state index contributed by atoms with van der Waals surface area (Å²) in [5.41, 5.74) is 3.94. The SMILES string of the molecule is C=CCNC(=O)[C@@H](C)N1CCN(c2ccc(C)c(C)c2)CC1. The number of aryl methyl sites for hydroxylation is 2. The fraction of sp³-hybridized carbons (Fsp3) is 0.500. The highest BCUT2D eigenvalue weighted by atomic mass is 16.2. The summed E-state index contributed by atoms with van der Waals surface area (Å²) < 4.78 is 0. The molecule has 1 aromatic carbocycles. The van der Waals surface area contributed by atoms with Crippen LogP contribution < -0.4 is 10.2 Å². The van der Waals surface area contributed by atoms with Gasteiger partial charge < -0.3 is 10.2 Å². The second-order valence-electron chi connectivity index (χ2n) is 6.00. The van der Waals surface area contributed by atoms with Gasteiger partial charge in [0, 0.05) is 38.4 Å². The van der Waals surface area contributed by atoms with Gasteiger partial charge in [-0.2, -0.15) is 0 Å². The molecule has 0 aromatic heterocycles. The lowest BCUT2D eigenvalue weighted by atomic mass is 10.1. The Balaban J connectivity index is 1.90. The van der Waals surface area contributed by atoms with Gasteiger partial charge in [-0.3, -0.25) is 9.69 Å². The largest absolute Gasteiger partial charge is 0.369 e. The first-order valence-electron chi connectivity index (χ1n) is 7.97. The van der Waals surface area contributed by atoms with Crippen molar-refractivity contribution in [1.82, 2.24) is 10.2 Å². The van der Waals surface area contributed by atoms with Crippen molar-refractivity contribution in [2.75, 3.05) is 37.6 Å². The molecule has 0 aliphatic carbocycles. The van der Waals surface area contributed by atoms with Crippen molar-refractivity contribution in [3.8, 4) is 0 Å². The number of hydrogen-bond acceptors (Lipinski definition) is 3. The average molecular weight is 301 g/mol. The molecule has 1 amide bonds. The van der Waals surface area contributed by atoms with Gasteiger partial charge in [-0.15, -0.1) is 6.58 Å². The average Bonchev–Trinajstić information content (AvgIpc) is 2.54. The van der Waals surface area contributed by atoms with Crippen molar-refractivity contribution in [3.63, 3.8) is 0 Å². The third kappa shape index (κ3) is 3.89. The van der Waals surface area contributed by atoms with E-state index in [9.17, 15) is 4.79 Å². The van der Waals surface area contributed by atoms with Crippen molar-refractivity contribution >= 4 is 11.6 Å². The summed E-state index contributed by atoms with van der Waals surface area (Å²) in [5.74, 6) is 0.0829. The minimum absolute atomic E-state index is 0.0816. The first kappa shape index (κ1) is 16.6. The van der Waals surface area contributed by atoms with E-state index in [1.807, 2.05) is 6.92 Å². The van der Waals surface area contributed by atoms with Crippen molar-refractivity contribution in [3.05, 3.63) is 42.0 Å². The Morgan fingerprint density at radius 1 is 1.27 bits per heavy atom. The van der Waals surface area contributed by atoms with Crippen LogP contribution >= 0.6 is 0 Å². The predicted octanol–water partition coefficient (Wildman–Crippen LogP) is 2.12. The third-order valence-electron chi connectivity index (χ3n) is 4.52. The molecule has 120 valence electrons. The van der Waals surface area contributed by atoms with E-state index >= 15 is 0 Å². The number of hydrogen-bond donors (Lipinski definition) is 1. The van der Waals surface area contributed by atoms with Crippen LogP contribution in [0.4, 0.5) is 5.69 Å². The number of rotatable bonds is 5. The maximum absolute atomic E-state index is 12.0. The molecule has 1 aliphatic heterocycles. The monoisotopic (exact) mass is 301 g/mol. The maximum atomic E-state index is 12.0.